The maximum absolute atomic E-state index is 12.2. The highest BCUT2D eigenvalue weighted by molar-refractivity contribution is 5.81. The highest BCUT2D eigenvalue weighted by atomic mass is 16.6. The van der Waals surface area contributed by atoms with Crippen molar-refractivity contribution in [3.05, 3.63) is 59.4 Å². The van der Waals surface area contributed by atoms with Crippen LogP contribution in [0.4, 0.5) is 4.79 Å². The second-order valence-electron chi connectivity index (χ2n) is 8.45. The molecule has 1 atom stereocenters. The molecule has 0 aliphatic heterocycles. The third-order valence-corrected chi connectivity index (χ3v) is 4.59. The van der Waals surface area contributed by atoms with E-state index in [0.717, 1.165) is 22.3 Å². The van der Waals surface area contributed by atoms with Gasteiger partial charge in [-0.3, -0.25) is 0 Å². The van der Waals surface area contributed by atoms with Crippen molar-refractivity contribution in [2.75, 3.05) is 0 Å². The smallest absolute Gasteiger partial charge is 0.408 e. The maximum Gasteiger partial charge on any atom is 0.408 e. The molecule has 3 rings (SSSR count). The number of carbonyl (C=O) groups is 2. The number of carboxylic acids is 1. The quantitative estimate of drug-likeness (QED) is 0.661. The van der Waals surface area contributed by atoms with E-state index in [1.807, 2.05) is 60.8 Å². The summed E-state index contributed by atoms with van der Waals surface area (Å²) in [6, 6.07) is 10.6. The van der Waals surface area contributed by atoms with Crippen molar-refractivity contribution in [2.45, 2.75) is 52.7 Å². The number of hydrogen-bond acceptors (Lipinski definition) is 4. The molecule has 0 saturated heterocycles. The van der Waals surface area contributed by atoms with Gasteiger partial charge in [-0.15, -0.1) is 0 Å². The van der Waals surface area contributed by atoms with Gasteiger partial charge in [0.1, 0.15) is 17.3 Å². The van der Waals surface area contributed by atoms with Crippen LogP contribution in [-0.2, 0) is 16.0 Å². The second-order valence-corrected chi connectivity index (χ2v) is 8.45. The lowest BCUT2D eigenvalue weighted by Crippen LogP contribution is -2.44. The van der Waals surface area contributed by atoms with Gasteiger partial charge in [0, 0.05) is 18.2 Å². The zero-order valence-corrected chi connectivity index (χ0v) is 17.9. The van der Waals surface area contributed by atoms with Gasteiger partial charge in [-0.05, 0) is 52.3 Å². The van der Waals surface area contributed by atoms with Crippen LogP contribution in [0.15, 0.2) is 42.6 Å². The second kappa shape index (κ2) is 8.18. The molecular formula is C23H27N3O4. The Kier molecular flexibility index (Phi) is 5.82. The minimum atomic E-state index is -1.16. The SMILES string of the molecule is Cc1ccc(-c2nc3cc(C)ccn3c2CC(NC(=O)OC(C)(C)C)C(=O)O)cc1. The number of ether oxygens (including phenoxy) is 1. The number of aliphatic carboxylic acids is 1. The summed E-state index contributed by atoms with van der Waals surface area (Å²) < 4.78 is 7.10. The Morgan fingerprint density at radius 2 is 1.80 bits per heavy atom. The summed E-state index contributed by atoms with van der Waals surface area (Å²) in [5, 5.41) is 12.2. The van der Waals surface area contributed by atoms with Crippen LogP contribution in [0.25, 0.3) is 16.9 Å². The lowest BCUT2D eigenvalue weighted by Gasteiger charge is -2.22. The predicted molar refractivity (Wildman–Crippen MR) is 115 cm³/mol. The average molecular weight is 409 g/mol. The van der Waals surface area contributed by atoms with Crippen LogP contribution in [0.3, 0.4) is 0 Å². The molecule has 2 heterocycles. The monoisotopic (exact) mass is 409 g/mol. The number of benzene rings is 1. The van der Waals surface area contributed by atoms with Gasteiger partial charge in [0.15, 0.2) is 0 Å². The number of amides is 1. The van der Waals surface area contributed by atoms with E-state index in [0.29, 0.717) is 11.4 Å². The summed E-state index contributed by atoms with van der Waals surface area (Å²) in [5.41, 5.74) is 4.46. The fourth-order valence-electron chi connectivity index (χ4n) is 3.18. The number of nitrogens with zero attached hydrogens (tertiary/aromatic N) is 2. The molecule has 7 heteroatoms. The fraction of sp³-hybridized carbons (Fsp3) is 0.348. The number of carbonyl (C=O) groups excluding carboxylic acids is 1. The highest BCUT2D eigenvalue weighted by Gasteiger charge is 2.27. The molecule has 30 heavy (non-hydrogen) atoms. The van der Waals surface area contributed by atoms with Gasteiger partial charge in [-0.2, -0.15) is 0 Å². The lowest BCUT2D eigenvalue weighted by molar-refractivity contribution is -0.139. The summed E-state index contributed by atoms with van der Waals surface area (Å²) >= 11 is 0. The summed E-state index contributed by atoms with van der Waals surface area (Å²) in [7, 11) is 0. The van der Waals surface area contributed by atoms with Crippen molar-refractivity contribution < 1.29 is 19.4 Å². The van der Waals surface area contributed by atoms with Crippen LogP contribution in [0.2, 0.25) is 0 Å². The van der Waals surface area contributed by atoms with Crippen LogP contribution in [0, 0.1) is 13.8 Å². The van der Waals surface area contributed by atoms with Crippen LogP contribution in [-0.4, -0.2) is 38.2 Å². The third kappa shape index (κ3) is 4.97. The van der Waals surface area contributed by atoms with Gasteiger partial charge in [-0.25, -0.2) is 14.6 Å². The van der Waals surface area contributed by atoms with Gasteiger partial charge in [0.2, 0.25) is 0 Å². The number of fused-ring (bicyclic) bond motifs is 1. The van der Waals surface area contributed by atoms with Gasteiger partial charge in [0.05, 0.1) is 11.4 Å². The first kappa shape index (κ1) is 21.4. The molecule has 3 aromatic rings. The average Bonchev–Trinajstić information content (AvgIpc) is 2.97. The molecule has 0 fully saturated rings. The van der Waals surface area contributed by atoms with Crippen molar-refractivity contribution in [1.82, 2.24) is 14.7 Å². The molecule has 0 radical (unpaired) electrons. The molecule has 2 aromatic heterocycles. The molecule has 7 nitrogen and oxygen atoms in total. The van der Waals surface area contributed by atoms with Crippen LogP contribution in [0.1, 0.15) is 37.6 Å². The Morgan fingerprint density at radius 3 is 2.40 bits per heavy atom. The molecule has 1 amide bonds. The van der Waals surface area contributed by atoms with E-state index >= 15 is 0 Å². The number of carboxylic acid groups (broad SMARTS) is 1. The first-order valence-electron chi connectivity index (χ1n) is 9.80. The Labute approximate surface area is 175 Å². The molecule has 1 unspecified atom stereocenters. The number of aryl methyl sites for hydroxylation is 2. The van der Waals surface area contributed by atoms with Crippen molar-refractivity contribution in [2.24, 2.45) is 0 Å². The van der Waals surface area contributed by atoms with Crippen molar-refractivity contribution in [1.29, 1.82) is 0 Å². The Hall–Kier alpha value is -3.35. The molecular weight excluding hydrogens is 382 g/mol. The van der Waals surface area contributed by atoms with E-state index in [1.54, 1.807) is 20.8 Å². The zero-order chi connectivity index (χ0) is 22.1. The molecule has 0 aliphatic rings. The van der Waals surface area contributed by atoms with Gasteiger partial charge >= 0.3 is 12.1 Å². The van der Waals surface area contributed by atoms with E-state index < -0.39 is 23.7 Å². The number of alkyl carbamates (subject to hydrolysis) is 1. The van der Waals surface area contributed by atoms with Crippen molar-refractivity contribution in [3.63, 3.8) is 0 Å². The first-order valence-corrected chi connectivity index (χ1v) is 9.80. The van der Waals surface area contributed by atoms with E-state index in [-0.39, 0.29) is 6.42 Å². The van der Waals surface area contributed by atoms with Crippen molar-refractivity contribution >= 4 is 17.7 Å². The van der Waals surface area contributed by atoms with E-state index in [9.17, 15) is 14.7 Å². The zero-order valence-electron chi connectivity index (χ0n) is 17.9. The van der Waals surface area contributed by atoms with Crippen LogP contribution in [0.5, 0.6) is 0 Å². The predicted octanol–water partition coefficient (Wildman–Crippen LogP) is 4.14. The van der Waals surface area contributed by atoms with Gasteiger partial charge in [-0.1, -0.05) is 29.8 Å². The molecule has 1 aromatic carbocycles. The molecule has 158 valence electrons. The van der Waals surface area contributed by atoms with E-state index in [2.05, 4.69) is 5.32 Å². The number of nitrogens with one attached hydrogen (secondary N) is 1. The summed E-state index contributed by atoms with van der Waals surface area (Å²) in [6.45, 7) is 9.16. The molecule has 0 bridgehead atoms. The standard InChI is InChI=1S/C23H27N3O4/c1-14-6-8-16(9-7-14)20-18(26-11-10-15(2)12-19(26)25-20)13-17(21(27)28)24-22(29)30-23(3,4)5/h6-12,17H,13H2,1-5H3,(H,24,29)(H,27,28). The molecule has 0 spiro atoms. The number of pyridine rings is 1. The normalized spacial score (nSPS) is 12.6. The number of rotatable bonds is 5. The van der Waals surface area contributed by atoms with Crippen LogP contribution >= 0.6 is 0 Å². The van der Waals surface area contributed by atoms with Gasteiger partial charge < -0.3 is 19.6 Å². The maximum atomic E-state index is 12.2. The number of imidazole rings is 1. The highest BCUT2D eigenvalue weighted by Crippen LogP contribution is 2.26. The summed E-state index contributed by atoms with van der Waals surface area (Å²) in [4.78, 5) is 28.8. The van der Waals surface area contributed by atoms with E-state index in [1.165, 1.54) is 0 Å². The minimum absolute atomic E-state index is 0.0576. The Balaban J connectivity index is 2.01. The Bertz CT molecular complexity index is 1080. The van der Waals surface area contributed by atoms with Crippen LogP contribution < -0.4 is 5.32 Å². The number of hydrogen-bond donors (Lipinski definition) is 2. The molecule has 2 N–H and O–H groups in total. The largest absolute Gasteiger partial charge is 0.480 e. The Morgan fingerprint density at radius 1 is 1.13 bits per heavy atom. The summed E-state index contributed by atoms with van der Waals surface area (Å²) in [6.07, 6.45) is 1.16. The summed E-state index contributed by atoms with van der Waals surface area (Å²) in [5.74, 6) is -1.14. The number of aromatic nitrogens is 2. The van der Waals surface area contributed by atoms with Gasteiger partial charge in [0.25, 0.3) is 0 Å². The fourth-order valence-corrected chi connectivity index (χ4v) is 3.18. The molecule has 0 aliphatic carbocycles. The van der Waals surface area contributed by atoms with Crippen molar-refractivity contribution in [3.8, 4) is 11.3 Å². The topological polar surface area (TPSA) is 92.9 Å². The lowest BCUT2D eigenvalue weighted by atomic mass is 10.0. The molecule has 0 saturated carbocycles. The van der Waals surface area contributed by atoms with E-state index in [4.69, 9.17) is 9.72 Å². The first-order chi connectivity index (χ1) is 14.0. The minimum Gasteiger partial charge on any atom is -0.480 e. The third-order valence-electron chi connectivity index (χ3n) is 4.59.